The van der Waals surface area contributed by atoms with Crippen molar-refractivity contribution in [2.24, 2.45) is 0 Å². The number of carbonyl (C=O) groups is 1. The Morgan fingerprint density at radius 1 is 1.50 bits per heavy atom. The third-order valence-corrected chi connectivity index (χ3v) is 4.21. The zero-order valence-electron chi connectivity index (χ0n) is 13.3. The van der Waals surface area contributed by atoms with E-state index < -0.39 is 0 Å². The van der Waals surface area contributed by atoms with Gasteiger partial charge in [-0.15, -0.1) is 0 Å². The summed E-state index contributed by atoms with van der Waals surface area (Å²) in [6.07, 6.45) is 2.45. The quantitative estimate of drug-likeness (QED) is 0.864. The van der Waals surface area contributed by atoms with Crippen LogP contribution >= 0.6 is 0 Å². The van der Waals surface area contributed by atoms with Gasteiger partial charge in [-0.1, -0.05) is 6.07 Å². The summed E-state index contributed by atoms with van der Waals surface area (Å²) in [5.74, 6) is 1.07. The minimum Gasteiger partial charge on any atom is -0.381 e. The average molecular weight is 301 g/mol. The summed E-state index contributed by atoms with van der Waals surface area (Å²) < 4.78 is 5.29. The molecule has 0 saturated carbocycles. The number of imidazole rings is 1. The van der Waals surface area contributed by atoms with Crippen molar-refractivity contribution in [3.05, 3.63) is 29.6 Å². The first-order chi connectivity index (χ1) is 10.7. The van der Waals surface area contributed by atoms with Gasteiger partial charge in [0.05, 0.1) is 30.1 Å². The minimum atomic E-state index is 0.0711. The van der Waals surface area contributed by atoms with Gasteiger partial charge in [0, 0.05) is 13.2 Å². The summed E-state index contributed by atoms with van der Waals surface area (Å²) in [5.41, 5.74) is 3.22. The zero-order valence-corrected chi connectivity index (χ0v) is 13.3. The van der Waals surface area contributed by atoms with Gasteiger partial charge >= 0.3 is 0 Å². The molecule has 1 aliphatic heterocycles. The average Bonchev–Trinajstić information content (AvgIpc) is 3.12. The molecule has 0 bridgehead atoms. The molecule has 0 unspecified atom stereocenters. The molecule has 3 rings (SSSR count). The number of benzene rings is 1. The summed E-state index contributed by atoms with van der Waals surface area (Å²) in [5, 5.41) is 0. The smallest absolute Gasteiger partial charge is 0.225 e. The number of hydrogen-bond acceptors (Lipinski definition) is 3. The SMILES string of the molecule is CCOCCC(=O)N1CCC[C@H]1c1nc2ccc(C)cc2[nH]1. The van der Waals surface area contributed by atoms with Crippen LogP contribution in [0, 0.1) is 6.92 Å². The molecule has 2 aromatic rings. The highest BCUT2D eigenvalue weighted by molar-refractivity contribution is 5.78. The number of nitrogens with zero attached hydrogens (tertiary/aromatic N) is 2. The van der Waals surface area contributed by atoms with E-state index in [1.165, 1.54) is 5.56 Å². The lowest BCUT2D eigenvalue weighted by Crippen LogP contribution is -2.31. The van der Waals surface area contributed by atoms with Crippen molar-refractivity contribution >= 4 is 16.9 Å². The molecule has 118 valence electrons. The molecule has 0 aliphatic carbocycles. The number of ether oxygens (including phenoxy) is 1. The second kappa shape index (κ2) is 6.48. The highest BCUT2D eigenvalue weighted by Crippen LogP contribution is 2.32. The van der Waals surface area contributed by atoms with Crippen molar-refractivity contribution in [3.63, 3.8) is 0 Å². The molecule has 1 aliphatic rings. The van der Waals surface area contributed by atoms with Crippen LogP contribution in [0.2, 0.25) is 0 Å². The number of aromatic nitrogens is 2. The first-order valence-corrected chi connectivity index (χ1v) is 8.02. The number of aryl methyl sites for hydroxylation is 1. The van der Waals surface area contributed by atoms with Crippen LogP contribution in [-0.4, -0.2) is 40.5 Å². The summed E-state index contributed by atoms with van der Waals surface area (Å²) in [7, 11) is 0. The molecule has 1 aromatic carbocycles. The van der Waals surface area contributed by atoms with Crippen LogP contribution in [0.1, 0.15) is 43.6 Å². The molecule has 1 fully saturated rings. The maximum absolute atomic E-state index is 12.4. The van der Waals surface area contributed by atoms with Crippen LogP contribution < -0.4 is 0 Å². The van der Waals surface area contributed by atoms with Crippen LogP contribution in [0.5, 0.6) is 0 Å². The van der Waals surface area contributed by atoms with E-state index in [1.54, 1.807) is 0 Å². The first-order valence-electron chi connectivity index (χ1n) is 8.02. The topological polar surface area (TPSA) is 58.2 Å². The number of aromatic amines is 1. The number of fused-ring (bicyclic) bond motifs is 1. The van der Waals surface area contributed by atoms with Gasteiger partial charge in [0.2, 0.25) is 5.91 Å². The fourth-order valence-corrected chi connectivity index (χ4v) is 3.10. The molecule has 1 aromatic heterocycles. The normalized spacial score (nSPS) is 18.3. The van der Waals surface area contributed by atoms with Crippen LogP contribution in [0.3, 0.4) is 0 Å². The van der Waals surface area contributed by atoms with E-state index >= 15 is 0 Å². The standard InChI is InChI=1S/C17H23N3O2/c1-3-22-10-8-16(21)20-9-4-5-15(20)17-18-13-7-6-12(2)11-14(13)19-17/h6-7,11,15H,3-5,8-10H2,1-2H3,(H,18,19)/t15-/m0/s1. The Labute approximate surface area is 130 Å². The van der Waals surface area contributed by atoms with Crippen molar-refractivity contribution in [2.75, 3.05) is 19.8 Å². The van der Waals surface area contributed by atoms with Crippen molar-refractivity contribution in [3.8, 4) is 0 Å². The summed E-state index contributed by atoms with van der Waals surface area (Å²) in [6, 6.07) is 6.26. The molecule has 2 heterocycles. The second-order valence-electron chi connectivity index (χ2n) is 5.83. The fraction of sp³-hybridized carbons (Fsp3) is 0.529. The third kappa shape index (κ3) is 2.99. The number of rotatable bonds is 5. The maximum Gasteiger partial charge on any atom is 0.225 e. The van der Waals surface area contributed by atoms with E-state index in [0.29, 0.717) is 19.6 Å². The van der Waals surface area contributed by atoms with Gasteiger partial charge in [0.15, 0.2) is 0 Å². The zero-order chi connectivity index (χ0) is 15.5. The number of nitrogens with one attached hydrogen (secondary N) is 1. The molecule has 0 radical (unpaired) electrons. The van der Waals surface area contributed by atoms with Crippen molar-refractivity contribution in [1.29, 1.82) is 0 Å². The van der Waals surface area contributed by atoms with Crippen LogP contribution in [0.25, 0.3) is 11.0 Å². The van der Waals surface area contributed by atoms with Gasteiger partial charge in [0.1, 0.15) is 5.82 Å². The first kappa shape index (κ1) is 15.0. The van der Waals surface area contributed by atoms with Gasteiger partial charge in [-0.2, -0.15) is 0 Å². The van der Waals surface area contributed by atoms with E-state index in [0.717, 1.165) is 36.2 Å². The Hall–Kier alpha value is -1.88. The van der Waals surface area contributed by atoms with Crippen LogP contribution in [0.4, 0.5) is 0 Å². The lowest BCUT2D eigenvalue weighted by Gasteiger charge is -2.23. The predicted octanol–water partition coefficient (Wildman–Crippen LogP) is 2.96. The lowest BCUT2D eigenvalue weighted by molar-refractivity contribution is -0.133. The van der Waals surface area contributed by atoms with E-state index in [9.17, 15) is 4.79 Å². The molecular weight excluding hydrogens is 278 g/mol. The molecular formula is C17H23N3O2. The summed E-state index contributed by atoms with van der Waals surface area (Å²) >= 11 is 0. The number of amides is 1. The Balaban J connectivity index is 1.77. The van der Waals surface area contributed by atoms with E-state index in [2.05, 4.69) is 29.0 Å². The number of likely N-dealkylation sites (tertiary alicyclic amines) is 1. The second-order valence-corrected chi connectivity index (χ2v) is 5.83. The Bertz CT molecular complexity index is 665. The monoisotopic (exact) mass is 301 g/mol. The lowest BCUT2D eigenvalue weighted by atomic mass is 10.2. The Morgan fingerprint density at radius 3 is 3.18 bits per heavy atom. The van der Waals surface area contributed by atoms with Gasteiger partial charge in [0.25, 0.3) is 0 Å². The predicted molar refractivity (Wildman–Crippen MR) is 85.6 cm³/mol. The molecule has 1 amide bonds. The molecule has 1 N–H and O–H groups in total. The van der Waals surface area contributed by atoms with Gasteiger partial charge in [-0.3, -0.25) is 4.79 Å². The highest BCUT2D eigenvalue weighted by atomic mass is 16.5. The van der Waals surface area contributed by atoms with Crippen molar-refractivity contribution in [1.82, 2.24) is 14.9 Å². The van der Waals surface area contributed by atoms with Gasteiger partial charge in [-0.25, -0.2) is 4.98 Å². The van der Waals surface area contributed by atoms with Crippen LogP contribution in [0.15, 0.2) is 18.2 Å². The molecule has 1 saturated heterocycles. The largest absolute Gasteiger partial charge is 0.381 e. The van der Waals surface area contributed by atoms with E-state index in [4.69, 9.17) is 4.74 Å². The molecule has 0 spiro atoms. The number of hydrogen-bond donors (Lipinski definition) is 1. The van der Waals surface area contributed by atoms with E-state index in [1.807, 2.05) is 17.9 Å². The molecule has 22 heavy (non-hydrogen) atoms. The molecule has 1 atom stereocenters. The van der Waals surface area contributed by atoms with Gasteiger partial charge < -0.3 is 14.6 Å². The minimum absolute atomic E-state index is 0.0711. The maximum atomic E-state index is 12.4. The van der Waals surface area contributed by atoms with Gasteiger partial charge in [-0.05, 0) is 44.4 Å². The number of H-pyrrole nitrogens is 1. The molecule has 5 nitrogen and oxygen atoms in total. The molecule has 5 heteroatoms. The summed E-state index contributed by atoms with van der Waals surface area (Å²) in [4.78, 5) is 22.4. The highest BCUT2D eigenvalue weighted by Gasteiger charge is 2.31. The van der Waals surface area contributed by atoms with Crippen LogP contribution in [-0.2, 0) is 9.53 Å². The number of carbonyl (C=O) groups excluding carboxylic acids is 1. The van der Waals surface area contributed by atoms with Crippen molar-refractivity contribution < 1.29 is 9.53 Å². The summed E-state index contributed by atoms with van der Waals surface area (Å²) in [6.45, 7) is 5.97. The van der Waals surface area contributed by atoms with E-state index in [-0.39, 0.29) is 11.9 Å². The Kier molecular flexibility index (Phi) is 4.43. The fourth-order valence-electron chi connectivity index (χ4n) is 3.10. The van der Waals surface area contributed by atoms with Crippen molar-refractivity contribution in [2.45, 2.75) is 39.2 Å². The Morgan fingerprint density at radius 2 is 2.36 bits per heavy atom. The third-order valence-electron chi connectivity index (χ3n) is 4.21.